The molecular formula is C12H17N5S. The molecule has 2 aromatic rings. The van der Waals surface area contributed by atoms with Crippen LogP contribution in [-0.2, 0) is 7.05 Å². The Kier molecular flexibility index (Phi) is 3.86. The maximum atomic E-state index is 4.49. The Morgan fingerprint density at radius 2 is 2.11 bits per heavy atom. The van der Waals surface area contributed by atoms with Crippen LogP contribution in [0, 0.1) is 13.8 Å². The zero-order valence-electron chi connectivity index (χ0n) is 11.1. The van der Waals surface area contributed by atoms with Crippen molar-refractivity contribution in [3.8, 4) is 0 Å². The van der Waals surface area contributed by atoms with Crippen molar-refractivity contribution in [1.82, 2.24) is 19.7 Å². The van der Waals surface area contributed by atoms with Gasteiger partial charge >= 0.3 is 0 Å². The first kappa shape index (κ1) is 12.9. The van der Waals surface area contributed by atoms with E-state index in [1.165, 1.54) is 0 Å². The van der Waals surface area contributed by atoms with E-state index in [-0.39, 0.29) is 0 Å². The lowest BCUT2D eigenvalue weighted by molar-refractivity contribution is 0.766. The normalized spacial score (nSPS) is 10.7. The maximum Gasteiger partial charge on any atom is 0.133 e. The van der Waals surface area contributed by atoms with E-state index in [4.69, 9.17) is 0 Å². The van der Waals surface area contributed by atoms with Gasteiger partial charge in [-0.25, -0.2) is 9.97 Å². The van der Waals surface area contributed by atoms with E-state index in [0.29, 0.717) is 0 Å². The molecule has 0 aromatic carbocycles. The fraction of sp³-hybridized carbons (Fsp3) is 0.417. The quantitative estimate of drug-likeness (QED) is 0.858. The van der Waals surface area contributed by atoms with Gasteiger partial charge in [0.25, 0.3) is 0 Å². The Morgan fingerprint density at radius 3 is 2.72 bits per heavy atom. The Bertz CT molecular complexity index is 549. The maximum absolute atomic E-state index is 4.49. The van der Waals surface area contributed by atoms with Crippen molar-refractivity contribution in [3.05, 3.63) is 23.8 Å². The van der Waals surface area contributed by atoms with Crippen LogP contribution in [0.2, 0.25) is 0 Å². The molecule has 0 fully saturated rings. The summed E-state index contributed by atoms with van der Waals surface area (Å²) in [6.07, 6.45) is 3.82. The molecule has 0 saturated carbocycles. The lowest BCUT2D eigenvalue weighted by Crippen LogP contribution is -2.05. The highest BCUT2D eigenvalue weighted by Gasteiger charge is 2.10. The minimum atomic E-state index is 0.781. The molecule has 0 aliphatic rings. The van der Waals surface area contributed by atoms with E-state index in [1.54, 1.807) is 16.4 Å². The molecule has 6 heteroatoms. The molecule has 2 heterocycles. The molecule has 1 N–H and O–H groups in total. The highest BCUT2D eigenvalue weighted by molar-refractivity contribution is 7.99. The molecule has 0 atom stereocenters. The van der Waals surface area contributed by atoms with Crippen LogP contribution in [0.3, 0.4) is 0 Å². The first-order valence-electron chi connectivity index (χ1n) is 5.85. The number of anilines is 1. The van der Waals surface area contributed by atoms with Crippen molar-refractivity contribution in [1.29, 1.82) is 0 Å². The number of nitrogens with zero attached hydrogens (tertiary/aromatic N) is 4. The first-order valence-corrected chi connectivity index (χ1v) is 6.67. The third kappa shape index (κ3) is 2.81. The van der Waals surface area contributed by atoms with Crippen LogP contribution in [0.1, 0.15) is 18.3 Å². The number of aryl methyl sites for hydroxylation is 2. The van der Waals surface area contributed by atoms with Crippen molar-refractivity contribution in [2.24, 2.45) is 7.05 Å². The van der Waals surface area contributed by atoms with Crippen LogP contribution in [0.5, 0.6) is 0 Å². The van der Waals surface area contributed by atoms with Crippen molar-refractivity contribution in [2.75, 3.05) is 11.9 Å². The predicted octanol–water partition coefficient (Wildman–Crippen LogP) is 2.41. The summed E-state index contributed by atoms with van der Waals surface area (Å²) in [6.45, 7) is 6.86. The van der Waals surface area contributed by atoms with Gasteiger partial charge in [0.2, 0.25) is 0 Å². The van der Waals surface area contributed by atoms with Crippen molar-refractivity contribution >= 4 is 17.6 Å². The Hall–Kier alpha value is -1.56. The molecule has 0 aliphatic heterocycles. The van der Waals surface area contributed by atoms with E-state index < -0.39 is 0 Å². The van der Waals surface area contributed by atoms with E-state index in [1.807, 2.05) is 33.3 Å². The van der Waals surface area contributed by atoms with E-state index in [2.05, 4.69) is 27.3 Å². The third-order valence-corrected chi connectivity index (χ3v) is 3.49. The lowest BCUT2D eigenvalue weighted by Gasteiger charge is -2.10. The highest BCUT2D eigenvalue weighted by atomic mass is 32.2. The van der Waals surface area contributed by atoms with Gasteiger partial charge in [0.1, 0.15) is 16.7 Å². The lowest BCUT2D eigenvalue weighted by atomic mass is 10.3. The number of hydrogen-bond acceptors (Lipinski definition) is 5. The molecule has 0 aliphatic carbocycles. The van der Waals surface area contributed by atoms with E-state index in [0.717, 1.165) is 33.7 Å². The second kappa shape index (κ2) is 5.39. The van der Waals surface area contributed by atoms with Gasteiger partial charge in [0.15, 0.2) is 0 Å². The SMILES string of the molecule is CCNc1nc(C)nc(Sc2cnn(C)c2)c1C. The minimum Gasteiger partial charge on any atom is -0.370 e. The molecule has 18 heavy (non-hydrogen) atoms. The van der Waals surface area contributed by atoms with E-state index >= 15 is 0 Å². The van der Waals surface area contributed by atoms with Crippen molar-refractivity contribution < 1.29 is 0 Å². The summed E-state index contributed by atoms with van der Waals surface area (Å²) < 4.78 is 1.79. The Labute approximate surface area is 111 Å². The summed E-state index contributed by atoms with van der Waals surface area (Å²) >= 11 is 1.61. The van der Waals surface area contributed by atoms with Gasteiger partial charge in [0.05, 0.1) is 11.1 Å². The van der Waals surface area contributed by atoms with Gasteiger partial charge in [-0.1, -0.05) is 11.8 Å². The standard InChI is InChI=1S/C12H17N5S/c1-5-13-11-8(2)12(16-9(3)15-11)18-10-6-14-17(4)7-10/h6-7H,5H2,1-4H3,(H,13,15,16). The van der Waals surface area contributed by atoms with Crippen LogP contribution >= 0.6 is 11.8 Å². The van der Waals surface area contributed by atoms with Gasteiger partial charge in [-0.05, 0) is 20.8 Å². The molecule has 96 valence electrons. The number of hydrogen-bond donors (Lipinski definition) is 1. The molecule has 0 radical (unpaired) electrons. The predicted molar refractivity (Wildman–Crippen MR) is 73.0 cm³/mol. The van der Waals surface area contributed by atoms with Gasteiger partial charge in [-0.3, -0.25) is 4.68 Å². The largest absolute Gasteiger partial charge is 0.370 e. The fourth-order valence-electron chi connectivity index (χ4n) is 1.60. The molecule has 2 aromatic heterocycles. The zero-order chi connectivity index (χ0) is 13.1. The first-order chi connectivity index (χ1) is 8.60. The monoisotopic (exact) mass is 263 g/mol. The van der Waals surface area contributed by atoms with Crippen LogP contribution in [0.25, 0.3) is 0 Å². The molecule has 2 rings (SSSR count). The Morgan fingerprint density at radius 1 is 1.33 bits per heavy atom. The molecule has 0 saturated heterocycles. The van der Waals surface area contributed by atoms with Crippen LogP contribution in [0.15, 0.2) is 22.3 Å². The highest BCUT2D eigenvalue weighted by Crippen LogP contribution is 2.30. The van der Waals surface area contributed by atoms with Crippen LogP contribution in [0.4, 0.5) is 5.82 Å². The summed E-state index contributed by atoms with van der Waals surface area (Å²) in [7, 11) is 1.91. The zero-order valence-corrected chi connectivity index (χ0v) is 11.9. The average molecular weight is 263 g/mol. The van der Waals surface area contributed by atoms with Gasteiger partial charge in [0, 0.05) is 25.4 Å². The van der Waals surface area contributed by atoms with Gasteiger partial charge < -0.3 is 5.32 Å². The second-order valence-electron chi connectivity index (χ2n) is 4.03. The van der Waals surface area contributed by atoms with E-state index in [9.17, 15) is 0 Å². The second-order valence-corrected chi connectivity index (χ2v) is 5.09. The minimum absolute atomic E-state index is 0.781. The summed E-state index contributed by atoms with van der Waals surface area (Å²) in [6, 6.07) is 0. The number of rotatable bonds is 4. The molecule has 0 spiro atoms. The van der Waals surface area contributed by atoms with Gasteiger partial charge in [-0.2, -0.15) is 5.10 Å². The molecule has 0 bridgehead atoms. The summed E-state index contributed by atoms with van der Waals surface area (Å²) in [4.78, 5) is 9.99. The summed E-state index contributed by atoms with van der Waals surface area (Å²) in [5.41, 5.74) is 1.08. The molecule has 0 amide bonds. The van der Waals surface area contributed by atoms with Gasteiger partial charge in [-0.15, -0.1) is 0 Å². The fourth-order valence-corrected chi connectivity index (χ4v) is 2.56. The molecule has 0 unspecified atom stereocenters. The smallest absolute Gasteiger partial charge is 0.133 e. The Balaban J connectivity index is 2.32. The molecular weight excluding hydrogens is 246 g/mol. The van der Waals surface area contributed by atoms with Crippen molar-refractivity contribution in [3.63, 3.8) is 0 Å². The summed E-state index contributed by atoms with van der Waals surface area (Å²) in [5, 5.41) is 8.40. The topological polar surface area (TPSA) is 55.6 Å². The summed E-state index contributed by atoms with van der Waals surface area (Å²) in [5.74, 6) is 1.69. The number of nitrogens with one attached hydrogen (secondary N) is 1. The van der Waals surface area contributed by atoms with Crippen LogP contribution in [-0.4, -0.2) is 26.3 Å². The third-order valence-electron chi connectivity index (χ3n) is 2.45. The molecule has 5 nitrogen and oxygen atoms in total. The number of aromatic nitrogens is 4. The van der Waals surface area contributed by atoms with Crippen LogP contribution < -0.4 is 5.32 Å². The average Bonchev–Trinajstić information content (AvgIpc) is 2.71. The van der Waals surface area contributed by atoms with Crippen molar-refractivity contribution in [2.45, 2.75) is 30.7 Å².